The standard InChI is InChI=1S/C15H25NO5/c1-8-9-13-14(11(17)18-6,12(3,4)5)21-15(13,19-7)20-10(2)16-13/h8-9H2,1-7H3/t13-,14+,15-/m0/s1. The number of aliphatic imine (C=N–C) groups is 1. The molecule has 120 valence electrons. The van der Waals surface area contributed by atoms with Gasteiger partial charge in [0.15, 0.2) is 11.4 Å². The second-order valence-corrected chi connectivity index (χ2v) is 6.63. The van der Waals surface area contributed by atoms with E-state index in [1.807, 2.05) is 27.7 Å². The molecule has 0 aromatic rings. The number of rotatable bonds is 4. The molecule has 3 atom stereocenters. The molecule has 2 aliphatic rings. The summed E-state index contributed by atoms with van der Waals surface area (Å²) >= 11 is 0. The maximum atomic E-state index is 12.6. The molecule has 21 heavy (non-hydrogen) atoms. The van der Waals surface area contributed by atoms with Crippen LogP contribution in [0.1, 0.15) is 47.5 Å². The molecule has 2 heterocycles. The minimum atomic E-state index is -1.34. The van der Waals surface area contributed by atoms with Crippen molar-refractivity contribution in [2.24, 2.45) is 10.4 Å². The van der Waals surface area contributed by atoms with E-state index in [4.69, 9.17) is 18.9 Å². The van der Waals surface area contributed by atoms with Gasteiger partial charge in [-0.15, -0.1) is 0 Å². The third-order valence-electron chi connectivity index (χ3n) is 4.42. The summed E-state index contributed by atoms with van der Waals surface area (Å²) in [5.74, 6) is -1.33. The van der Waals surface area contributed by atoms with Gasteiger partial charge in [-0.25, -0.2) is 9.79 Å². The van der Waals surface area contributed by atoms with Gasteiger partial charge >= 0.3 is 11.9 Å². The van der Waals surface area contributed by atoms with E-state index in [0.717, 1.165) is 6.42 Å². The Balaban J connectivity index is 2.66. The molecule has 0 aromatic heterocycles. The summed E-state index contributed by atoms with van der Waals surface area (Å²) in [4.78, 5) is 17.3. The Morgan fingerprint density at radius 1 is 1.33 bits per heavy atom. The van der Waals surface area contributed by atoms with Crippen molar-refractivity contribution < 1.29 is 23.7 Å². The molecule has 0 unspecified atom stereocenters. The Kier molecular flexibility index (Phi) is 3.62. The van der Waals surface area contributed by atoms with Gasteiger partial charge in [0.2, 0.25) is 5.60 Å². The van der Waals surface area contributed by atoms with Crippen molar-refractivity contribution in [1.82, 2.24) is 0 Å². The van der Waals surface area contributed by atoms with Crippen LogP contribution in [0.4, 0.5) is 0 Å². The SMILES string of the molecule is CCC[C@@]12N=C(C)O[C@]1(OC)O[C@]2(C(=O)OC)C(C)(C)C. The summed E-state index contributed by atoms with van der Waals surface area (Å²) in [6.45, 7) is 9.57. The molecule has 0 bridgehead atoms. The molecule has 6 heteroatoms. The van der Waals surface area contributed by atoms with Crippen LogP contribution in [0.2, 0.25) is 0 Å². The Bertz CT molecular complexity index is 483. The summed E-state index contributed by atoms with van der Waals surface area (Å²) < 4.78 is 22.2. The highest BCUT2D eigenvalue weighted by molar-refractivity contribution is 5.88. The van der Waals surface area contributed by atoms with Gasteiger partial charge in [0.05, 0.1) is 7.11 Å². The van der Waals surface area contributed by atoms with E-state index >= 15 is 0 Å². The minimum absolute atomic E-state index is 0.446. The first-order valence-electron chi connectivity index (χ1n) is 7.25. The minimum Gasteiger partial charge on any atom is -0.467 e. The highest BCUT2D eigenvalue weighted by atomic mass is 16.9. The first-order valence-corrected chi connectivity index (χ1v) is 7.25. The molecule has 2 aliphatic heterocycles. The van der Waals surface area contributed by atoms with Crippen molar-refractivity contribution in [2.45, 2.75) is 64.6 Å². The van der Waals surface area contributed by atoms with E-state index in [1.54, 1.807) is 6.92 Å². The van der Waals surface area contributed by atoms with Crippen molar-refractivity contribution in [3.05, 3.63) is 0 Å². The van der Waals surface area contributed by atoms with Gasteiger partial charge in [-0.1, -0.05) is 34.1 Å². The number of ether oxygens (including phenoxy) is 4. The highest BCUT2D eigenvalue weighted by Gasteiger charge is 2.88. The van der Waals surface area contributed by atoms with Crippen LogP contribution in [0.15, 0.2) is 4.99 Å². The fraction of sp³-hybridized carbons (Fsp3) is 0.867. The number of fused-ring (bicyclic) bond motifs is 1. The molecular formula is C15H25NO5. The molecule has 1 fully saturated rings. The van der Waals surface area contributed by atoms with Gasteiger partial charge in [-0.05, 0) is 6.42 Å². The maximum Gasteiger partial charge on any atom is 0.359 e. The Morgan fingerprint density at radius 2 is 1.95 bits per heavy atom. The molecule has 0 amide bonds. The van der Waals surface area contributed by atoms with Crippen LogP contribution in [-0.2, 0) is 23.7 Å². The molecule has 0 aromatic carbocycles. The zero-order chi connectivity index (χ0) is 16.1. The molecule has 0 saturated carbocycles. The van der Waals surface area contributed by atoms with Gasteiger partial charge in [0.1, 0.15) is 0 Å². The first-order chi connectivity index (χ1) is 9.66. The van der Waals surface area contributed by atoms with Gasteiger partial charge < -0.3 is 14.2 Å². The fourth-order valence-corrected chi connectivity index (χ4v) is 3.71. The van der Waals surface area contributed by atoms with Crippen molar-refractivity contribution in [1.29, 1.82) is 0 Å². The van der Waals surface area contributed by atoms with E-state index in [-0.39, 0.29) is 0 Å². The fourth-order valence-electron chi connectivity index (χ4n) is 3.71. The average Bonchev–Trinajstić information content (AvgIpc) is 2.60. The molecule has 0 aliphatic carbocycles. The number of nitrogens with zero attached hydrogens (tertiary/aromatic N) is 1. The second-order valence-electron chi connectivity index (χ2n) is 6.63. The molecule has 0 N–H and O–H groups in total. The largest absolute Gasteiger partial charge is 0.467 e. The number of carbonyl (C=O) groups is 1. The lowest BCUT2D eigenvalue weighted by molar-refractivity contribution is -0.501. The van der Waals surface area contributed by atoms with Crippen molar-refractivity contribution in [3.63, 3.8) is 0 Å². The molecule has 6 nitrogen and oxygen atoms in total. The number of hydrogen-bond donors (Lipinski definition) is 0. The average molecular weight is 299 g/mol. The zero-order valence-electron chi connectivity index (χ0n) is 13.9. The topological polar surface area (TPSA) is 66.3 Å². The third kappa shape index (κ3) is 1.66. The lowest BCUT2D eigenvalue weighted by atomic mass is 9.58. The molecule has 1 saturated heterocycles. The highest BCUT2D eigenvalue weighted by Crippen LogP contribution is 2.65. The van der Waals surface area contributed by atoms with Crippen LogP contribution in [0.5, 0.6) is 0 Å². The van der Waals surface area contributed by atoms with E-state index in [9.17, 15) is 4.79 Å². The Labute approximate surface area is 125 Å². The van der Waals surface area contributed by atoms with E-state index in [1.165, 1.54) is 14.2 Å². The number of carbonyl (C=O) groups excluding carboxylic acids is 1. The number of esters is 1. The monoisotopic (exact) mass is 299 g/mol. The van der Waals surface area contributed by atoms with Crippen molar-refractivity contribution in [2.75, 3.05) is 14.2 Å². The lowest BCUT2D eigenvalue weighted by Gasteiger charge is -2.64. The molecule has 0 spiro atoms. The van der Waals surface area contributed by atoms with Crippen LogP contribution in [0, 0.1) is 5.41 Å². The third-order valence-corrected chi connectivity index (χ3v) is 4.42. The van der Waals surface area contributed by atoms with Crippen molar-refractivity contribution in [3.8, 4) is 0 Å². The summed E-state index contributed by atoms with van der Waals surface area (Å²) in [7, 11) is 2.86. The van der Waals surface area contributed by atoms with Crippen LogP contribution < -0.4 is 0 Å². The van der Waals surface area contributed by atoms with Crippen LogP contribution >= 0.6 is 0 Å². The first kappa shape index (κ1) is 16.2. The van der Waals surface area contributed by atoms with Crippen LogP contribution in [0.3, 0.4) is 0 Å². The number of methoxy groups -OCH3 is 2. The van der Waals surface area contributed by atoms with Gasteiger partial charge in [-0.2, -0.15) is 0 Å². The van der Waals surface area contributed by atoms with E-state index in [2.05, 4.69) is 4.99 Å². The van der Waals surface area contributed by atoms with Crippen LogP contribution in [-0.4, -0.2) is 43.2 Å². The smallest absolute Gasteiger partial charge is 0.359 e. The van der Waals surface area contributed by atoms with Gasteiger partial charge in [0, 0.05) is 19.4 Å². The molecule has 2 rings (SSSR count). The molecular weight excluding hydrogens is 274 g/mol. The summed E-state index contributed by atoms with van der Waals surface area (Å²) in [6, 6.07) is 0. The maximum absolute atomic E-state index is 12.6. The summed E-state index contributed by atoms with van der Waals surface area (Å²) in [6.07, 6.45) is 1.41. The Hall–Kier alpha value is -1.14. The van der Waals surface area contributed by atoms with Crippen molar-refractivity contribution >= 4 is 11.9 Å². The van der Waals surface area contributed by atoms with E-state index < -0.39 is 28.5 Å². The number of hydrogen-bond acceptors (Lipinski definition) is 6. The predicted octanol–water partition coefficient (Wildman–Crippen LogP) is 2.26. The van der Waals surface area contributed by atoms with E-state index in [0.29, 0.717) is 12.3 Å². The normalized spacial score (nSPS) is 38.1. The Morgan fingerprint density at radius 3 is 2.38 bits per heavy atom. The summed E-state index contributed by atoms with van der Waals surface area (Å²) in [5.41, 5.74) is -2.70. The predicted molar refractivity (Wildman–Crippen MR) is 76.9 cm³/mol. The quantitative estimate of drug-likeness (QED) is 0.745. The summed E-state index contributed by atoms with van der Waals surface area (Å²) in [5, 5.41) is 0. The van der Waals surface area contributed by atoms with Gasteiger partial charge in [0.25, 0.3) is 0 Å². The van der Waals surface area contributed by atoms with Gasteiger partial charge in [-0.3, -0.25) is 4.74 Å². The second kappa shape index (κ2) is 4.68. The zero-order valence-corrected chi connectivity index (χ0v) is 13.9. The van der Waals surface area contributed by atoms with Crippen LogP contribution in [0.25, 0.3) is 0 Å². The lowest BCUT2D eigenvalue weighted by Crippen LogP contribution is -2.86. The molecule has 0 radical (unpaired) electrons.